The van der Waals surface area contributed by atoms with Crippen molar-refractivity contribution in [3.8, 4) is 0 Å². The van der Waals surface area contributed by atoms with Gasteiger partial charge in [-0.3, -0.25) is 0 Å². The van der Waals surface area contributed by atoms with Crippen LogP contribution in [0.5, 0.6) is 0 Å². The summed E-state index contributed by atoms with van der Waals surface area (Å²) in [6.45, 7) is 90.4. The summed E-state index contributed by atoms with van der Waals surface area (Å²) in [7, 11) is -7.39. The zero-order valence-electron chi connectivity index (χ0n) is 70.6. The third-order valence-corrected chi connectivity index (χ3v) is 40.7. The van der Waals surface area contributed by atoms with E-state index in [-0.39, 0.29) is 0 Å². The summed E-state index contributed by atoms with van der Waals surface area (Å²) < 4.78 is 0. The van der Waals surface area contributed by atoms with Gasteiger partial charge >= 0.3 is 0 Å². The lowest BCUT2D eigenvalue weighted by Crippen LogP contribution is -2.59. The Labute approximate surface area is 621 Å². The molecule has 542 valence electrons. The first-order valence-electron chi connectivity index (χ1n) is 40.2. The van der Waals surface area contributed by atoms with Crippen molar-refractivity contribution in [1.29, 1.82) is 0 Å². The molecule has 0 N–H and O–H groups in total. The highest BCUT2D eigenvalue weighted by Crippen LogP contribution is 2.36. The highest BCUT2D eigenvalue weighted by molar-refractivity contribution is 7.21. The largest absolute Gasteiger partial charge is 0.0701 e. The molecule has 7 aromatic carbocycles. The summed E-state index contributed by atoms with van der Waals surface area (Å²) in [5, 5.41) is 13.6. The molecule has 0 aliphatic carbocycles. The van der Waals surface area contributed by atoms with E-state index in [1.165, 1.54) is 33.4 Å². The van der Waals surface area contributed by atoms with Gasteiger partial charge in [0.15, 0.2) is 0 Å². The van der Waals surface area contributed by atoms with Crippen LogP contribution in [0.15, 0.2) is 97.1 Å². The van der Waals surface area contributed by atoms with E-state index in [1.54, 1.807) is 108 Å². The molecule has 7 aromatic rings. The normalized spacial score (nSPS) is 12.6. The standard InChI is InChI=1S/C96H142Si4/c1-53(2)71-40-79(59(13)14)91(80(41-71)60(15)16)97(99(93-83(63(21)22)44-73(55(5)6)45-84(93)64(23)24)94-85(65(25)26)46-74(56(7)8)47-86(94)66(27)28)77-38-37-39-78(52-77)98(92-81(61(17)18)42-72(54(3)4)43-82(92)62(19)20)100(95-87(67(29)30)48-75(57(9)10)49-88(95)68(31)32)96-89(69(33)34)50-76(58(11)12)51-90(96)70(35)36/h37-70H,1-36H3. The van der Waals surface area contributed by atoms with E-state index in [1.807, 2.05) is 0 Å². The molecule has 0 unspecified atom stereocenters. The first-order valence-corrected chi connectivity index (χ1v) is 48.2. The van der Waals surface area contributed by atoms with Crippen molar-refractivity contribution in [1.82, 2.24) is 0 Å². The topological polar surface area (TPSA) is 0 Å². The van der Waals surface area contributed by atoms with E-state index in [2.05, 4.69) is 346 Å². The van der Waals surface area contributed by atoms with Crippen molar-refractivity contribution in [3.63, 3.8) is 0 Å². The zero-order chi connectivity index (χ0) is 75.0. The Bertz CT molecular complexity index is 3500. The molecule has 0 aliphatic rings. The summed E-state index contributed by atoms with van der Waals surface area (Å²) in [6, 6.07) is 44.1. The number of benzene rings is 7. The summed E-state index contributed by atoms with van der Waals surface area (Å²) in [5.74, 6) is 6.36. The third kappa shape index (κ3) is 17.5. The fourth-order valence-electron chi connectivity index (χ4n) is 15.9. The molecule has 100 heavy (non-hydrogen) atoms. The second-order valence-electron chi connectivity index (χ2n) is 36.3. The maximum atomic E-state index is 3.03. The van der Waals surface area contributed by atoms with Gasteiger partial charge in [0.05, 0.1) is 31.6 Å². The molecule has 0 saturated carbocycles. The van der Waals surface area contributed by atoms with Crippen LogP contribution in [0.4, 0.5) is 0 Å². The molecule has 7 rings (SSSR count). The molecule has 0 atom stereocenters. The van der Waals surface area contributed by atoms with Crippen LogP contribution in [0, 0.1) is 0 Å². The van der Waals surface area contributed by atoms with E-state index in [4.69, 9.17) is 0 Å². The molecule has 0 aliphatic heterocycles. The van der Waals surface area contributed by atoms with Crippen molar-refractivity contribution in [2.75, 3.05) is 0 Å². The van der Waals surface area contributed by atoms with Gasteiger partial charge in [-0.25, -0.2) is 0 Å². The molecule has 0 aromatic heterocycles. The van der Waals surface area contributed by atoms with Crippen molar-refractivity contribution in [3.05, 3.63) is 197 Å². The molecule has 4 heteroatoms. The molecule has 0 fully saturated rings. The van der Waals surface area contributed by atoms with Crippen LogP contribution < -0.4 is 41.5 Å². The van der Waals surface area contributed by atoms with Gasteiger partial charge < -0.3 is 0 Å². The zero-order valence-corrected chi connectivity index (χ0v) is 74.6. The molecule has 0 nitrogen and oxygen atoms in total. The highest BCUT2D eigenvalue weighted by Gasteiger charge is 2.37. The van der Waals surface area contributed by atoms with Gasteiger partial charge in [0.1, 0.15) is 0 Å². The Balaban J connectivity index is 2.12. The maximum Gasteiger partial charge on any atom is 0.0701 e. The quantitative estimate of drug-likeness (QED) is 0.0474. The summed E-state index contributed by atoms with van der Waals surface area (Å²) >= 11 is 0. The second-order valence-corrected chi connectivity index (χ2v) is 49.5. The predicted molar refractivity (Wildman–Crippen MR) is 459 cm³/mol. The van der Waals surface area contributed by atoms with E-state index in [0.717, 1.165) is 0 Å². The minimum Gasteiger partial charge on any atom is -0.0619 e. The van der Waals surface area contributed by atoms with Crippen molar-refractivity contribution >= 4 is 73.1 Å². The Morgan fingerprint density at radius 2 is 0.270 bits per heavy atom. The van der Waals surface area contributed by atoms with E-state index >= 15 is 0 Å². The third-order valence-electron chi connectivity index (χ3n) is 22.2. The molecule has 0 spiro atoms. The van der Waals surface area contributed by atoms with Gasteiger partial charge in [0.2, 0.25) is 0 Å². The van der Waals surface area contributed by atoms with E-state index < -0.39 is 31.6 Å². The lowest BCUT2D eigenvalue weighted by molar-refractivity contribution is 0.809. The van der Waals surface area contributed by atoms with Gasteiger partial charge in [-0.2, -0.15) is 0 Å². The van der Waals surface area contributed by atoms with Gasteiger partial charge in [0.25, 0.3) is 0 Å². The minimum absolute atomic E-state index is 0.319. The number of rotatable bonds is 26. The smallest absolute Gasteiger partial charge is 0.0619 e. The monoisotopic (exact) mass is 1410 g/mol. The summed E-state index contributed by atoms with van der Waals surface area (Å²) in [5.41, 5.74) is 28.1. The fourth-order valence-corrected chi connectivity index (χ4v) is 40.5. The average Bonchev–Trinajstić information content (AvgIpc) is 0.726. The number of hydrogen-bond donors (Lipinski definition) is 0. The van der Waals surface area contributed by atoms with Crippen LogP contribution in [-0.4, -0.2) is 31.6 Å². The summed E-state index contributed by atoms with van der Waals surface area (Å²) in [6.07, 6.45) is 0. The lowest BCUT2D eigenvalue weighted by atomic mass is 9.89. The molecule has 0 bridgehead atoms. The molecular formula is C96H142Si4. The van der Waals surface area contributed by atoms with Crippen LogP contribution >= 0.6 is 0 Å². The fraction of sp³-hybridized carbons (Fsp3) is 0.562. The predicted octanol–water partition coefficient (Wildman–Crippen LogP) is 23.9. The van der Waals surface area contributed by atoms with Crippen molar-refractivity contribution in [2.45, 2.75) is 356 Å². The molecule has 0 radical (unpaired) electrons. The van der Waals surface area contributed by atoms with Crippen molar-refractivity contribution < 1.29 is 0 Å². The Hall–Kier alpha value is -4.59. The second kappa shape index (κ2) is 34.1. The van der Waals surface area contributed by atoms with Crippen LogP contribution in [0.3, 0.4) is 0 Å². The summed E-state index contributed by atoms with van der Waals surface area (Å²) in [4.78, 5) is 0. The molecule has 0 saturated heterocycles. The van der Waals surface area contributed by atoms with Crippen molar-refractivity contribution in [2.24, 2.45) is 0 Å². The van der Waals surface area contributed by atoms with Gasteiger partial charge in [-0.15, -0.1) is 0 Å². The first-order chi connectivity index (χ1) is 46.5. The number of hydrogen-bond acceptors (Lipinski definition) is 0. The van der Waals surface area contributed by atoms with E-state index in [9.17, 15) is 0 Å². The average molecular weight is 1410 g/mol. The van der Waals surface area contributed by atoms with Crippen LogP contribution in [0.1, 0.15) is 456 Å². The lowest BCUT2D eigenvalue weighted by Gasteiger charge is -2.34. The maximum absolute atomic E-state index is 3.03. The minimum atomic E-state index is -1.86. The van der Waals surface area contributed by atoms with Crippen LogP contribution in [0.2, 0.25) is 0 Å². The Morgan fingerprint density at radius 3 is 0.380 bits per heavy atom. The SMILES string of the molecule is CC(C)c1cc(C(C)C)c([Si](c2cccc([Si](c3c(C(C)C)cc(C(C)C)cc3C(C)C)=[Si](c3c(C(C)C)cc(C(C)C)cc3C(C)C)c3c(C(C)C)cc(C(C)C)cc3C(C)C)c2)=[Si](c2c(C(C)C)cc(C(C)C)cc2C(C)C)c2c(C(C)C)cc(C(C)C)cc2C(C)C)c(C(C)C)c1. The molecule has 0 amide bonds. The Kier molecular flexibility index (Phi) is 28.2. The van der Waals surface area contributed by atoms with Gasteiger partial charge in [0, 0.05) is 0 Å². The molecular weight excluding hydrogens is 1270 g/mol. The van der Waals surface area contributed by atoms with Gasteiger partial charge in [-0.05, 0) is 248 Å². The van der Waals surface area contributed by atoms with Crippen LogP contribution in [-0.2, 0) is 0 Å². The first kappa shape index (κ1) is 82.7. The van der Waals surface area contributed by atoms with E-state index in [0.29, 0.717) is 107 Å². The highest BCUT2D eigenvalue weighted by atomic mass is 28.9. The molecule has 0 heterocycles. The van der Waals surface area contributed by atoms with Gasteiger partial charge in [-0.1, -0.05) is 346 Å². The Morgan fingerprint density at radius 1 is 0.150 bits per heavy atom. The van der Waals surface area contributed by atoms with Crippen LogP contribution in [0.25, 0.3) is 0 Å².